The molecule has 0 bridgehead atoms. The van der Waals surface area contributed by atoms with E-state index in [-0.39, 0.29) is 6.42 Å². The number of carboxylic acids is 1. The molecule has 0 aliphatic heterocycles. The van der Waals surface area contributed by atoms with Gasteiger partial charge in [0, 0.05) is 23.3 Å². The first-order valence-corrected chi connectivity index (χ1v) is 5.86. The number of halogens is 1. The third kappa shape index (κ3) is 2.74. The van der Waals surface area contributed by atoms with Crippen LogP contribution in [0.4, 0.5) is 0 Å². The number of hydrogen-bond donors (Lipinski definition) is 1. The first-order valence-electron chi connectivity index (χ1n) is 5.06. The number of aromatic nitrogens is 2. The Balaban J connectivity index is 2.43. The third-order valence-electron chi connectivity index (χ3n) is 2.38. The number of nitrogens with zero attached hydrogens (tertiary/aromatic N) is 2. The molecule has 17 heavy (non-hydrogen) atoms. The molecule has 0 amide bonds. The van der Waals surface area contributed by atoms with Gasteiger partial charge >= 0.3 is 5.97 Å². The summed E-state index contributed by atoms with van der Waals surface area (Å²) in [5.41, 5.74) is 2.42. The normalized spacial score (nSPS) is 10.5. The number of hydrogen-bond acceptors (Lipinski definition) is 2. The van der Waals surface area contributed by atoms with E-state index in [1.165, 1.54) is 0 Å². The maximum Gasteiger partial charge on any atom is 0.309 e. The lowest BCUT2D eigenvalue weighted by Gasteiger charge is -2.00. The van der Waals surface area contributed by atoms with Gasteiger partial charge < -0.3 is 5.11 Å². The van der Waals surface area contributed by atoms with Crippen molar-refractivity contribution >= 4 is 21.9 Å². The summed E-state index contributed by atoms with van der Waals surface area (Å²) in [6.45, 7) is 0. The molecule has 1 heterocycles. The van der Waals surface area contributed by atoms with Crippen molar-refractivity contribution in [2.75, 3.05) is 0 Å². The SMILES string of the molecule is Cn1cc(-c2ccc(Br)cc2)c(CC(=O)O)n1. The lowest BCUT2D eigenvalue weighted by Crippen LogP contribution is -2.02. The molecule has 88 valence electrons. The molecule has 0 aliphatic rings. The van der Waals surface area contributed by atoms with Crippen molar-refractivity contribution in [2.24, 2.45) is 7.05 Å². The van der Waals surface area contributed by atoms with E-state index in [0.717, 1.165) is 15.6 Å². The number of rotatable bonds is 3. The van der Waals surface area contributed by atoms with E-state index >= 15 is 0 Å². The summed E-state index contributed by atoms with van der Waals surface area (Å²) >= 11 is 3.37. The Hall–Kier alpha value is -1.62. The van der Waals surface area contributed by atoms with Gasteiger partial charge in [0.2, 0.25) is 0 Å². The fraction of sp³-hybridized carbons (Fsp3) is 0.167. The van der Waals surface area contributed by atoms with E-state index in [4.69, 9.17) is 5.11 Å². The average Bonchev–Trinajstić information content (AvgIpc) is 2.59. The fourth-order valence-corrected chi connectivity index (χ4v) is 1.94. The van der Waals surface area contributed by atoms with Gasteiger partial charge in [-0.3, -0.25) is 9.48 Å². The van der Waals surface area contributed by atoms with Gasteiger partial charge in [0.15, 0.2) is 0 Å². The minimum atomic E-state index is -0.873. The molecular formula is C12H11BrN2O2. The van der Waals surface area contributed by atoms with Crippen molar-refractivity contribution in [1.82, 2.24) is 9.78 Å². The molecule has 0 aliphatic carbocycles. The summed E-state index contributed by atoms with van der Waals surface area (Å²) < 4.78 is 2.63. The Labute approximate surface area is 107 Å². The zero-order valence-electron chi connectivity index (χ0n) is 9.22. The summed E-state index contributed by atoms with van der Waals surface area (Å²) in [6, 6.07) is 7.72. The van der Waals surface area contributed by atoms with Crippen LogP contribution >= 0.6 is 15.9 Å². The first-order chi connectivity index (χ1) is 8.06. The minimum Gasteiger partial charge on any atom is -0.481 e. The van der Waals surface area contributed by atoms with Crippen molar-refractivity contribution in [2.45, 2.75) is 6.42 Å². The van der Waals surface area contributed by atoms with E-state index in [1.54, 1.807) is 11.7 Å². The molecule has 2 rings (SSSR count). The predicted octanol–water partition coefficient (Wildman–Crippen LogP) is 2.48. The highest BCUT2D eigenvalue weighted by atomic mass is 79.9. The second-order valence-electron chi connectivity index (χ2n) is 3.74. The van der Waals surface area contributed by atoms with Gasteiger partial charge in [0.1, 0.15) is 0 Å². The zero-order chi connectivity index (χ0) is 12.4. The quantitative estimate of drug-likeness (QED) is 0.946. The zero-order valence-corrected chi connectivity index (χ0v) is 10.8. The molecule has 0 saturated carbocycles. The molecule has 0 atom stereocenters. The van der Waals surface area contributed by atoms with Gasteiger partial charge in [-0.2, -0.15) is 5.10 Å². The molecule has 0 fully saturated rings. The van der Waals surface area contributed by atoms with Crippen LogP contribution in [0.15, 0.2) is 34.9 Å². The van der Waals surface area contributed by atoms with Crippen LogP contribution in [0.5, 0.6) is 0 Å². The Morgan fingerprint density at radius 2 is 2.06 bits per heavy atom. The molecular weight excluding hydrogens is 284 g/mol. The third-order valence-corrected chi connectivity index (χ3v) is 2.91. The second kappa shape index (κ2) is 4.71. The summed E-state index contributed by atoms with van der Waals surface area (Å²) in [5.74, 6) is -0.873. The average molecular weight is 295 g/mol. The van der Waals surface area contributed by atoms with Crippen LogP contribution in [-0.4, -0.2) is 20.9 Å². The monoisotopic (exact) mass is 294 g/mol. The van der Waals surface area contributed by atoms with Crippen molar-refractivity contribution in [3.63, 3.8) is 0 Å². The summed E-state index contributed by atoms with van der Waals surface area (Å²) in [6.07, 6.45) is 1.77. The Morgan fingerprint density at radius 1 is 1.41 bits per heavy atom. The molecule has 4 nitrogen and oxygen atoms in total. The summed E-state index contributed by atoms with van der Waals surface area (Å²) in [4.78, 5) is 10.8. The van der Waals surface area contributed by atoms with Crippen molar-refractivity contribution in [1.29, 1.82) is 0 Å². The minimum absolute atomic E-state index is 0.0633. The van der Waals surface area contributed by atoms with E-state index in [2.05, 4.69) is 21.0 Å². The van der Waals surface area contributed by atoms with Crippen molar-refractivity contribution < 1.29 is 9.90 Å². The highest BCUT2D eigenvalue weighted by Gasteiger charge is 2.12. The van der Waals surface area contributed by atoms with E-state index in [0.29, 0.717) is 5.69 Å². The molecule has 1 aromatic carbocycles. The van der Waals surface area contributed by atoms with E-state index < -0.39 is 5.97 Å². The predicted molar refractivity (Wildman–Crippen MR) is 67.7 cm³/mol. The van der Waals surface area contributed by atoms with Gasteiger partial charge in [-0.15, -0.1) is 0 Å². The van der Waals surface area contributed by atoms with E-state index in [1.807, 2.05) is 30.5 Å². The van der Waals surface area contributed by atoms with Crippen LogP contribution in [-0.2, 0) is 18.3 Å². The molecule has 1 aromatic heterocycles. The van der Waals surface area contributed by atoms with Crippen LogP contribution < -0.4 is 0 Å². The lowest BCUT2D eigenvalue weighted by molar-refractivity contribution is -0.136. The molecule has 2 aromatic rings. The maximum absolute atomic E-state index is 10.8. The molecule has 5 heteroatoms. The summed E-state index contributed by atoms with van der Waals surface area (Å²) in [5, 5.41) is 13.0. The number of carboxylic acid groups (broad SMARTS) is 1. The molecule has 0 spiro atoms. The van der Waals surface area contributed by atoms with Gasteiger partial charge in [-0.1, -0.05) is 28.1 Å². The fourth-order valence-electron chi connectivity index (χ4n) is 1.68. The van der Waals surface area contributed by atoms with Gasteiger partial charge in [-0.05, 0) is 17.7 Å². The Bertz CT molecular complexity index is 546. The Morgan fingerprint density at radius 3 is 2.65 bits per heavy atom. The number of aryl methyl sites for hydroxylation is 1. The molecule has 1 N–H and O–H groups in total. The first kappa shape index (κ1) is 11.9. The highest BCUT2D eigenvalue weighted by Crippen LogP contribution is 2.24. The van der Waals surface area contributed by atoms with Gasteiger partial charge in [0.05, 0.1) is 12.1 Å². The smallest absolute Gasteiger partial charge is 0.309 e. The van der Waals surface area contributed by atoms with Crippen molar-refractivity contribution in [3.8, 4) is 11.1 Å². The van der Waals surface area contributed by atoms with Gasteiger partial charge in [-0.25, -0.2) is 0 Å². The standard InChI is InChI=1S/C12H11BrN2O2/c1-15-7-10(11(14-15)6-12(16)17)8-2-4-9(13)5-3-8/h2-5,7H,6H2,1H3,(H,16,17). The largest absolute Gasteiger partial charge is 0.481 e. The maximum atomic E-state index is 10.8. The lowest BCUT2D eigenvalue weighted by atomic mass is 10.1. The van der Waals surface area contributed by atoms with Gasteiger partial charge in [0.25, 0.3) is 0 Å². The summed E-state index contributed by atoms with van der Waals surface area (Å²) in [7, 11) is 1.79. The van der Waals surface area contributed by atoms with E-state index in [9.17, 15) is 4.79 Å². The number of aliphatic carboxylic acids is 1. The van der Waals surface area contributed by atoms with Crippen LogP contribution in [0.1, 0.15) is 5.69 Å². The molecule has 0 unspecified atom stereocenters. The second-order valence-corrected chi connectivity index (χ2v) is 4.66. The van der Waals surface area contributed by atoms with Crippen molar-refractivity contribution in [3.05, 3.63) is 40.6 Å². The molecule has 0 radical (unpaired) electrons. The number of benzene rings is 1. The van der Waals surface area contributed by atoms with Crippen LogP contribution in [0.2, 0.25) is 0 Å². The highest BCUT2D eigenvalue weighted by molar-refractivity contribution is 9.10. The van der Waals surface area contributed by atoms with Crippen LogP contribution in [0, 0.1) is 0 Å². The number of carbonyl (C=O) groups is 1. The molecule has 0 saturated heterocycles. The topological polar surface area (TPSA) is 55.1 Å². The Kier molecular flexibility index (Phi) is 3.28. The van der Waals surface area contributed by atoms with Crippen LogP contribution in [0.3, 0.4) is 0 Å². The van der Waals surface area contributed by atoms with Crippen LogP contribution in [0.25, 0.3) is 11.1 Å².